The summed E-state index contributed by atoms with van der Waals surface area (Å²) in [6.45, 7) is 1.68. The Morgan fingerprint density at radius 2 is 1.83 bits per heavy atom. The summed E-state index contributed by atoms with van der Waals surface area (Å²) < 4.78 is 13.1. The van der Waals surface area contributed by atoms with E-state index in [2.05, 4.69) is 5.10 Å². The Labute approximate surface area is 138 Å². The molecule has 2 N–H and O–H groups in total. The van der Waals surface area contributed by atoms with Gasteiger partial charge in [0.2, 0.25) is 0 Å². The Bertz CT molecular complexity index is 777. The Balaban J connectivity index is 1.95. The fraction of sp³-hybridized carbons (Fsp3) is 0.222. The van der Waals surface area contributed by atoms with Crippen LogP contribution < -0.4 is 0 Å². The largest absolute Gasteiger partial charge is 0.378 e. The van der Waals surface area contributed by atoms with Gasteiger partial charge < -0.3 is 10.2 Å². The van der Waals surface area contributed by atoms with Crippen molar-refractivity contribution in [2.75, 3.05) is 0 Å². The third kappa shape index (κ3) is 2.81. The number of nitrogens with zero attached hydrogens (tertiary/aromatic N) is 2. The summed E-state index contributed by atoms with van der Waals surface area (Å²) in [6.07, 6.45) is -1.36. The molecule has 0 saturated heterocycles. The van der Waals surface area contributed by atoms with Crippen molar-refractivity contribution in [1.82, 2.24) is 5.01 Å². The minimum Gasteiger partial charge on any atom is -0.378 e. The predicted molar refractivity (Wildman–Crippen MR) is 86.3 cm³/mol. The first kappa shape index (κ1) is 16.3. The van der Waals surface area contributed by atoms with E-state index in [4.69, 9.17) is 0 Å². The van der Waals surface area contributed by atoms with E-state index in [0.29, 0.717) is 16.8 Å². The summed E-state index contributed by atoms with van der Waals surface area (Å²) in [4.78, 5) is 12.7. The van der Waals surface area contributed by atoms with Gasteiger partial charge in [0.15, 0.2) is 11.8 Å². The maximum absolute atomic E-state index is 13.1. The van der Waals surface area contributed by atoms with E-state index in [1.807, 2.05) is 0 Å². The van der Waals surface area contributed by atoms with Crippen molar-refractivity contribution in [1.29, 1.82) is 0 Å². The first-order chi connectivity index (χ1) is 11.4. The summed E-state index contributed by atoms with van der Waals surface area (Å²) in [7, 11) is 0. The van der Waals surface area contributed by atoms with Crippen molar-refractivity contribution < 1.29 is 19.4 Å². The monoisotopic (exact) mass is 328 g/mol. The number of hydrogen-bond acceptors (Lipinski definition) is 4. The molecule has 0 spiro atoms. The molecule has 1 heterocycles. The van der Waals surface area contributed by atoms with Crippen LogP contribution >= 0.6 is 0 Å². The molecule has 2 aromatic carbocycles. The smallest absolute Gasteiger partial charge is 0.279 e. The molecule has 24 heavy (non-hydrogen) atoms. The molecular weight excluding hydrogens is 311 g/mol. The highest BCUT2D eigenvalue weighted by molar-refractivity contribution is 5.90. The second-order valence-electron chi connectivity index (χ2n) is 5.80. The van der Waals surface area contributed by atoms with E-state index >= 15 is 0 Å². The van der Waals surface area contributed by atoms with Crippen molar-refractivity contribution in [2.24, 2.45) is 5.10 Å². The van der Waals surface area contributed by atoms with Gasteiger partial charge in [-0.3, -0.25) is 4.79 Å². The number of aliphatic hydroxyl groups excluding tert-OH is 1. The lowest BCUT2D eigenvalue weighted by Gasteiger charge is -2.32. The van der Waals surface area contributed by atoms with E-state index in [0.717, 1.165) is 5.01 Å². The van der Waals surface area contributed by atoms with Gasteiger partial charge in [-0.2, -0.15) is 10.1 Å². The van der Waals surface area contributed by atoms with Gasteiger partial charge in [0.05, 0.1) is 0 Å². The third-order valence-corrected chi connectivity index (χ3v) is 3.99. The van der Waals surface area contributed by atoms with E-state index in [1.165, 1.54) is 24.3 Å². The van der Waals surface area contributed by atoms with Crippen molar-refractivity contribution in [3.05, 3.63) is 71.5 Å². The van der Waals surface area contributed by atoms with E-state index in [9.17, 15) is 19.4 Å². The topological polar surface area (TPSA) is 73.1 Å². The molecule has 5 nitrogen and oxygen atoms in total. The molecule has 2 aromatic rings. The van der Waals surface area contributed by atoms with Crippen LogP contribution in [0.1, 0.15) is 30.6 Å². The van der Waals surface area contributed by atoms with Gasteiger partial charge >= 0.3 is 0 Å². The van der Waals surface area contributed by atoms with Crippen LogP contribution in [-0.4, -0.2) is 26.8 Å². The Morgan fingerprint density at radius 1 is 1.21 bits per heavy atom. The quantitative estimate of drug-likeness (QED) is 0.908. The third-order valence-electron chi connectivity index (χ3n) is 3.99. The molecule has 1 amide bonds. The minimum atomic E-state index is -1.75. The molecule has 3 rings (SSSR count). The van der Waals surface area contributed by atoms with E-state index < -0.39 is 23.6 Å². The molecule has 0 aromatic heterocycles. The molecule has 0 radical (unpaired) electrons. The number of carbonyl (C=O) groups excluding carboxylic acids is 1. The molecule has 0 aliphatic carbocycles. The number of hydrazone groups is 1. The average Bonchev–Trinajstić information content (AvgIpc) is 2.90. The number of carbonyl (C=O) groups is 1. The lowest BCUT2D eigenvalue weighted by Crippen LogP contribution is -2.45. The molecule has 0 unspecified atom stereocenters. The van der Waals surface area contributed by atoms with Crippen LogP contribution in [-0.2, 0) is 10.5 Å². The average molecular weight is 328 g/mol. The molecular formula is C18H17FN2O3. The fourth-order valence-corrected chi connectivity index (χ4v) is 2.79. The van der Waals surface area contributed by atoms with Crippen LogP contribution in [0.2, 0.25) is 0 Å². The van der Waals surface area contributed by atoms with Crippen LogP contribution in [0.3, 0.4) is 0 Å². The summed E-state index contributed by atoms with van der Waals surface area (Å²) >= 11 is 0. The number of benzene rings is 2. The van der Waals surface area contributed by atoms with Gasteiger partial charge in [-0.1, -0.05) is 42.5 Å². The Kier molecular flexibility index (Phi) is 4.17. The number of amides is 1. The van der Waals surface area contributed by atoms with Gasteiger partial charge in [0.1, 0.15) is 5.82 Å². The highest BCUT2D eigenvalue weighted by Gasteiger charge is 2.46. The van der Waals surface area contributed by atoms with Crippen LogP contribution in [0.15, 0.2) is 59.7 Å². The first-order valence-corrected chi connectivity index (χ1v) is 7.51. The molecule has 6 heteroatoms. The normalized spacial score (nSPS) is 21.5. The zero-order chi connectivity index (χ0) is 17.3. The predicted octanol–water partition coefficient (Wildman–Crippen LogP) is 2.31. The zero-order valence-electron chi connectivity index (χ0n) is 13.1. The standard InChI is InChI=1S/C18H17FN2O3/c1-12-11-18(24,14-7-9-15(19)10-8-14)21(20-12)17(23)16(22)13-5-3-2-4-6-13/h2-10,16,22,24H,11H2,1H3/t16-,18+/m0/s1. The molecule has 124 valence electrons. The second kappa shape index (κ2) is 6.14. The Hall–Kier alpha value is -2.57. The summed E-state index contributed by atoms with van der Waals surface area (Å²) in [5.74, 6) is -1.19. The lowest BCUT2D eigenvalue weighted by molar-refractivity contribution is -0.167. The number of halogens is 1. The van der Waals surface area contributed by atoms with Gasteiger partial charge in [-0.15, -0.1) is 0 Å². The lowest BCUT2D eigenvalue weighted by atomic mass is 9.97. The fourth-order valence-electron chi connectivity index (χ4n) is 2.79. The van der Waals surface area contributed by atoms with E-state index in [-0.39, 0.29) is 6.42 Å². The van der Waals surface area contributed by atoms with Gasteiger partial charge in [0, 0.05) is 17.7 Å². The zero-order valence-corrected chi connectivity index (χ0v) is 13.1. The van der Waals surface area contributed by atoms with Crippen LogP contribution in [0.5, 0.6) is 0 Å². The summed E-state index contributed by atoms with van der Waals surface area (Å²) in [5.41, 5.74) is -0.470. The van der Waals surface area contributed by atoms with Gasteiger partial charge in [0.25, 0.3) is 5.91 Å². The molecule has 0 saturated carbocycles. The SMILES string of the molecule is CC1=NN(C(=O)[C@@H](O)c2ccccc2)[C@](O)(c2ccc(F)cc2)C1. The number of hydrogen-bond donors (Lipinski definition) is 2. The summed E-state index contributed by atoms with van der Waals surface area (Å²) in [6, 6.07) is 13.6. The van der Waals surface area contributed by atoms with Crippen LogP contribution in [0, 0.1) is 5.82 Å². The Morgan fingerprint density at radius 3 is 2.46 bits per heavy atom. The van der Waals surface area contributed by atoms with Crippen molar-refractivity contribution in [3.63, 3.8) is 0 Å². The van der Waals surface area contributed by atoms with Crippen molar-refractivity contribution in [2.45, 2.75) is 25.2 Å². The highest BCUT2D eigenvalue weighted by Crippen LogP contribution is 2.37. The number of rotatable bonds is 3. The second-order valence-corrected chi connectivity index (χ2v) is 5.80. The van der Waals surface area contributed by atoms with Crippen LogP contribution in [0.25, 0.3) is 0 Å². The first-order valence-electron chi connectivity index (χ1n) is 7.51. The molecule has 0 bridgehead atoms. The highest BCUT2D eigenvalue weighted by atomic mass is 19.1. The summed E-state index contributed by atoms with van der Waals surface area (Å²) in [5, 5.41) is 26.3. The maximum atomic E-state index is 13.1. The number of aliphatic hydroxyl groups is 2. The molecule has 1 aliphatic rings. The maximum Gasteiger partial charge on any atom is 0.279 e. The van der Waals surface area contributed by atoms with Crippen molar-refractivity contribution in [3.8, 4) is 0 Å². The molecule has 0 fully saturated rings. The van der Waals surface area contributed by atoms with Gasteiger partial charge in [-0.05, 0) is 24.6 Å². The van der Waals surface area contributed by atoms with Crippen LogP contribution in [0.4, 0.5) is 4.39 Å². The van der Waals surface area contributed by atoms with Gasteiger partial charge in [-0.25, -0.2) is 4.39 Å². The van der Waals surface area contributed by atoms with E-state index in [1.54, 1.807) is 37.3 Å². The minimum absolute atomic E-state index is 0.0892. The molecule has 2 atom stereocenters. The van der Waals surface area contributed by atoms with Crippen molar-refractivity contribution >= 4 is 11.6 Å². The molecule has 1 aliphatic heterocycles.